The zero-order valence-electron chi connectivity index (χ0n) is 11.9. The van der Waals surface area contributed by atoms with E-state index in [1.807, 2.05) is 0 Å². The SMILES string of the molecule is CCC1CCC(N)C(N2CCCC(C)C2C)C1. The van der Waals surface area contributed by atoms with Crippen molar-refractivity contribution in [2.45, 2.75) is 77.4 Å². The van der Waals surface area contributed by atoms with Gasteiger partial charge in [0.15, 0.2) is 0 Å². The van der Waals surface area contributed by atoms with Crippen molar-refractivity contribution in [3.8, 4) is 0 Å². The predicted octanol–water partition coefficient (Wildman–Crippen LogP) is 3.01. The molecule has 0 aromatic heterocycles. The van der Waals surface area contributed by atoms with E-state index in [4.69, 9.17) is 5.73 Å². The van der Waals surface area contributed by atoms with Gasteiger partial charge in [-0.3, -0.25) is 4.90 Å². The first-order chi connectivity index (χ1) is 8.13. The van der Waals surface area contributed by atoms with Crippen molar-refractivity contribution < 1.29 is 0 Å². The monoisotopic (exact) mass is 238 g/mol. The van der Waals surface area contributed by atoms with Crippen molar-refractivity contribution >= 4 is 0 Å². The lowest BCUT2D eigenvalue weighted by Crippen LogP contribution is -2.57. The average Bonchev–Trinajstić information content (AvgIpc) is 2.34. The maximum Gasteiger partial charge on any atom is 0.0252 e. The third-order valence-corrected chi connectivity index (χ3v) is 5.40. The molecule has 5 unspecified atom stereocenters. The van der Waals surface area contributed by atoms with Crippen LogP contribution in [0.2, 0.25) is 0 Å². The zero-order chi connectivity index (χ0) is 12.4. The first-order valence-electron chi connectivity index (χ1n) is 7.64. The molecule has 1 aliphatic carbocycles. The second-order valence-electron chi connectivity index (χ2n) is 6.42. The van der Waals surface area contributed by atoms with Gasteiger partial charge in [0.2, 0.25) is 0 Å². The largest absolute Gasteiger partial charge is 0.326 e. The molecule has 1 aliphatic heterocycles. The molecule has 0 radical (unpaired) electrons. The van der Waals surface area contributed by atoms with E-state index in [-0.39, 0.29) is 0 Å². The quantitative estimate of drug-likeness (QED) is 0.801. The predicted molar refractivity (Wildman–Crippen MR) is 74.0 cm³/mol. The van der Waals surface area contributed by atoms with Crippen LogP contribution >= 0.6 is 0 Å². The van der Waals surface area contributed by atoms with E-state index >= 15 is 0 Å². The van der Waals surface area contributed by atoms with Gasteiger partial charge in [0.05, 0.1) is 0 Å². The van der Waals surface area contributed by atoms with Gasteiger partial charge in [-0.05, 0) is 57.4 Å². The van der Waals surface area contributed by atoms with Crippen molar-refractivity contribution in [3.63, 3.8) is 0 Å². The summed E-state index contributed by atoms with van der Waals surface area (Å²) in [4.78, 5) is 2.74. The molecule has 0 amide bonds. The Kier molecular flexibility index (Phi) is 4.48. The molecule has 0 bridgehead atoms. The molecule has 2 N–H and O–H groups in total. The highest BCUT2D eigenvalue weighted by Gasteiger charge is 2.36. The molecule has 100 valence electrons. The number of hydrogen-bond acceptors (Lipinski definition) is 2. The molecule has 0 aromatic rings. The van der Waals surface area contributed by atoms with Gasteiger partial charge in [-0.15, -0.1) is 0 Å². The van der Waals surface area contributed by atoms with Crippen molar-refractivity contribution in [1.82, 2.24) is 4.90 Å². The van der Waals surface area contributed by atoms with Crippen LogP contribution in [-0.4, -0.2) is 29.6 Å². The lowest BCUT2D eigenvalue weighted by molar-refractivity contribution is 0.0282. The van der Waals surface area contributed by atoms with Gasteiger partial charge in [-0.2, -0.15) is 0 Å². The normalized spacial score (nSPS) is 44.8. The minimum Gasteiger partial charge on any atom is -0.326 e. The second-order valence-corrected chi connectivity index (χ2v) is 6.42. The smallest absolute Gasteiger partial charge is 0.0252 e. The van der Waals surface area contributed by atoms with Crippen LogP contribution in [0, 0.1) is 11.8 Å². The molecule has 1 saturated heterocycles. The Morgan fingerprint density at radius 1 is 1.18 bits per heavy atom. The first kappa shape index (κ1) is 13.4. The maximum absolute atomic E-state index is 6.39. The van der Waals surface area contributed by atoms with Gasteiger partial charge in [0.25, 0.3) is 0 Å². The summed E-state index contributed by atoms with van der Waals surface area (Å²) in [7, 11) is 0. The van der Waals surface area contributed by atoms with Crippen LogP contribution in [0.1, 0.15) is 59.3 Å². The summed E-state index contributed by atoms with van der Waals surface area (Å²) < 4.78 is 0. The fourth-order valence-corrected chi connectivity index (χ4v) is 3.84. The molecule has 2 fully saturated rings. The van der Waals surface area contributed by atoms with Gasteiger partial charge in [0, 0.05) is 18.1 Å². The molecule has 2 rings (SSSR count). The van der Waals surface area contributed by atoms with E-state index < -0.39 is 0 Å². The summed E-state index contributed by atoms with van der Waals surface area (Å²) in [6, 6.07) is 1.81. The molecule has 2 nitrogen and oxygen atoms in total. The third kappa shape index (κ3) is 2.85. The molecule has 2 heteroatoms. The van der Waals surface area contributed by atoms with E-state index in [1.54, 1.807) is 0 Å². The van der Waals surface area contributed by atoms with Crippen LogP contribution in [0.5, 0.6) is 0 Å². The molecular weight excluding hydrogens is 208 g/mol. The first-order valence-corrected chi connectivity index (χ1v) is 7.64. The summed E-state index contributed by atoms with van der Waals surface area (Å²) in [5, 5.41) is 0. The third-order valence-electron chi connectivity index (χ3n) is 5.40. The molecule has 17 heavy (non-hydrogen) atoms. The number of rotatable bonds is 2. The molecule has 0 aromatic carbocycles. The lowest BCUT2D eigenvalue weighted by atomic mass is 9.78. The Hall–Kier alpha value is -0.0800. The standard InChI is InChI=1S/C15H30N2/c1-4-13-7-8-14(16)15(10-13)17-9-5-6-11(2)12(17)3/h11-15H,4-10,16H2,1-3H3. The summed E-state index contributed by atoms with van der Waals surface area (Å²) >= 11 is 0. The highest BCUT2D eigenvalue weighted by Crippen LogP contribution is 2.33. The summed E-state index contributed by atoms with van der Waals surface area (Å²) in [5.74, 6) is 1.77. The molecule has 0 spiro atoms. The van der Waals surface area contributed by atoms with Crippen molar-refractivity contribution in [2.24, 2.45) is 17.6 Å². The Labute approximate surface area is 107 Å². The van der Waals surface area contributed by atoms with Crippen LogP contribution in [0.3, 0.4) is 0 Å². The van der Waals surface area contributed by atoms with Crippen LogP contribution in [0.15, 0.2) is 0 Å². The van der Waals surface area contributed by atoms with Crippen molar-refractivity contribution in [3.05, 3.63) is 0 Å². The minimum atomic E-state index is 0.422. The Morgan fingerprint density at radius 2 is 1.94 bits per heavy atom. The molecule has 5 atom stereocenters. The summed E-state index contributed by atoms with van der Waals surface area (Å²) in [6.45, 7) is 8.43. The van der Waals surface area contributed by atoms with E-state index in [1.165, 1.54) is 45.1 Å². The van der Waals surface area contributed by atoms with Crippen molar-refractivity contribution in [1.29, 1.82) is 0 Å². The van der Waals surface area contributed by atoms with Crippen LogP contribution in [-0.2, 0) is 0 Å². The molecular formula is C15H30N2. The Morgan fingerprint density at radius 3 is 2.65 bits per heavy atom. The van der Waals surface area contributed by atoms with Crippen molar-refractivity contribution in [2.75, 3.05) is 6.54 Å². The maximum atomic E-state index is 6.39. The van der Waals surface area contributed by atoms with E-state index in [0.717, 1.165) is 17.9 Å². The number of nitrogens with two attached hydrogens (primary N) is 1. The topological polar surface area (TPSA) is 29.3 Å². The van der Waals surface area contributed by atoms with Gasteiger partial charge < -0.3 is 5.73 Å². The number of hydrogen-bond donors (Lipinski definition) is 1. The van der Waals surface area contributed by atoms with E-state index in [9.17, 15) is 0 Å². The van der Waals surface area contributed by atoms with Gasteiger partial charge in [-0.25, -0.2) is 0 Å². The molecule has 1 heterocycles. The summed E-state index contributed by atoms with van der Waals surface area (Å²) in [6.07, 6.45) is 8.03. The second kappa shape index (κ2) is 5.71. The Balaban J connectivity index is 2.03. The minimum absolute atomic E-state index is 0.422. The Bertz CT molecular complexity index is 241. The van der Waals surface area contributed by atoms with E-state index in [2.05, 4.69) is 25.7 Å². The average molecular weight is 238 g/mol. The van der Waals surface area contributed by atoms with Gasteiger partial charge >= 0.3 is 0 Å². The van der Waals surface area contributed by atoms with Gasteiger partial charge in [0.1, 0.15) is 0 Å². The highest BCUT2D eigenvalue weighted by molar-refractivity contribution is 4.93. The number of piperidine rings is 1. The summed E-state index contributed by atoms with van der Waals surface area (Å²) in [5.41, 5.74) is 6.39. The fraction of sp³-hybridized carbons (Fsp3) is 1.00. The van der Waals surface area contributed by atoms with Crippen LogP contribution < -0.4 is 5.73 Å². The highest BCUT2D eigenvalue weighted by atomic mass is 15.2. The molecule has 2 aliphatic rings. The number of likely N-dealkylation sites (tertiary alicyclic amines) is 1. The lowest BCUT2D eigenvalue weighted by Gasteiger charge is -2.48. The van der Waals surface area contributed by atoms with Crippen LogP contribution in [0.4, 0.5) is 0 Å². The van der Waals surface area contributed by atoms with E-state index in [0.29, 0.717) is 12.1 Å². The van der Waals surface area contributed by atoms with Gasteiger partial charge in [-0.1, -0.05) is 20.3 Å². The number of nitrogens with zero attached hydrogens (tertiary/aromatic N) is 1. The van der Waals surface area contributed by atoms with Crippen LogP contribution in [0.25, 0.3) is 0 Å². The fourth-order valence-electron chi connectivity index (χ4n) is 3.84. The molecule has 1 saturated carbocycles. The zero-order valence-corrected chi connectivity index (χ0v) is 11.9.